The Morgan fingerprint density at radius 2 is 2.00 bits per heavy atom. The molecule has 1 aromatic carbocycles. The van der Waals surface area contributed by atoms with Crippen molar-refractivity contribution in [3.63, 3.8) is 0 Å². The maximum absolute atomic E-state index is 12.5. The van der Waals surface area contributed by atoms with Crippen LogP contribution in [-0.4, -0.2) is 11.0 Å². The smallest absolute Gasteiger partial charge is 0.423 e. The van der Waals surface area contributed by atoms with Gasteiger partial charge in [-0.25, -0.2) is 0 Å². The Morgan fingerprint density at radius 3 is 2.47 bits per heavy atom. The van der Waals surface area contributed by atoms with Crippen LogP contribution in [0.15, 0.2) is 18.2 Å². The van der Waals surface area contributed by atoms with Crippen LogP contribution in [0.5, 0.6) is 5.75 Å². The number of halogens is 3. The van der Waals surface area contributed by atoms with Gasteiger partial charge in [0.05, 0.1) is 17.1 Å². The third kappa shape index (κ3) is 2.66. The first kappa shape index (κ1) is 11.7. The number of hydrogen-bond donors (Lipinski definition) is 0. The summed E-state index contributed by atoms with van der Waals surface area (Å²) in [7, 11) is 0. The topological polar surface area (TPSA) is 52.4 Å². The van der Waals surface area contributed by atoms with Crippen molar-refractivity contribution in [3.8, 4) is 5.75 Å². The van der Waals surface area contributed by atoms with Gasteiger partial charge in [-0.05, 0) is 25.0 Å². The van der Waals surface area contributed by atoms with E-state index in [0.717, 1.165) is 25.0 Å². The molecule has 4 nitrogen and oxygen atoms in total. The molecule has 2 rings (SSSR count). The number of hydrogen-bond acceptors (Lipinski definition) is 3. The van der Waals surface area contributed by atoms with E-state index in [1.54, 1.807) is 0 Å². The second kappa shape index (κ2) is 3.90. The van der Waals surface area contributed by atoms with Crippen LogP contribution in [0.4, 0.5) is 18.9 Å². The van der Waals surface area contributed by atoms with Gasteiger partial charge >= 0.3 is 6.18 Å². The van der Waals surface area contributed by atoms with Gasteiger partial charge in [-0.2, -0.15) is 13.2 Å². The molecule has 0 atom stereocenters. The molecule has 17 heavy (non-hydrogen) atoms. The molecule has 1 aliphatic rings. The molecule has 0 heterocycles. The summed E-state index contributed by atoms with van der Waals surface area (Å²) in [6, 6.07) is 2.60. The Labute approximate surface area is 94.1 Å². The average Bonchev–Trinajstić information content (AvgIpc) is 2.99. The van der Waals surface area contributed by atoms with E-state index in [2.05, 4.69) is 0 Å². The molecule has 1 saturated carbocycles. The minimum Gasteiger partial charge on any atom is -0.490 e. The molecule has 0 unspecified atom stereocenters. The van der Waals surface area contributed by atoms with E-state index in [4.69, 9.17) is 4.74 Å². The lowest BCUT2D eigenvalue weighted by Gasteiger charge is -2.09. The molecule has 0 radical (unpaired) electrons. The second-order valence-electron chi connectivity index (χ2n) is 3.75. The van der Waals surface area contributed by atoms with Gasteiger partial charge in [-0.3, -0.25) is 10.1 Å². The molecule has 1 aromatic rings. The van der Waals surface area contributed by atoms with Crippen LogP contribution in [0, 0.1) is 10.1 Å². The molecular weight excluding hydrogens is 239 g/mol. The van der Waals surface area contributed by atoms with Crippen molar-refractivity contribution in [3.05, 3.63) is 33.9 Å². The number of benzene rings is 1. The van der Waals surface area contributed by atoms with Crippen LogP contribution >= 0.6 is 0 Å². The Bertz CT molecular complexity index is 455. The fourth-order valence-corrected chi connectivity index (χ4v) is 1.35. The molecule has 1 fully saturated rings. The third-order valence-electron chi connectivity index (χ3n) is 2.30. The Hall–Kier alpha value is -1.79. The zero-order valence-corrected chi connectivity index (χ0v) is 8.53. The summed E-state index contributed by atoms with van der Waals surface area (Å²) in [6.45, 7) is 0. The largest absolute Gasteiger partial charge is 0.490 e. The second-order valence-corrected chi connectivity index (χ2v) is 3.75. The van der Waals surface area contributed by atoms with E-state index in [1.165, 1.54) is 0 Å². The fourth-order valence-electron chi connectivity index (χ4n) is 1.35. The molecule has 0 amide bonds. The van der Waals surface area contributed by atoms with Crippen LogP contribution in [0.25, 0.3) is 0 Å². The lowest BCUT2D eigenvalue weighted by Crippen LogP contribution is -2.09. The summed E-state index contributed by atoms with van der Waals surface area (Å²) in [5, 5.41) is 10.6. The zero-order chi connectivity index (χ0) is 12.6. The van der Waals surface area contributed by atoms with Crippen LogP contribution in [-0.2, 0) is 6.18 Å². The van der Waals surface area contributed by atoms with Crippen LogP contribution in [0.1, 0.15) is 18.4 Å². The predicted molar refractivity (Wildman–Crippen MR) is 51.7 cm³/mol. The monoisotopic (exact) mass is 247 g/mol. The van der Waals surface area contributed by atoms with Gasteiger partial charge in [0.1, 0.15) is 11.3 Å². The Balaban J connectivity index is 2.36. The zero-order valence-electron chi connectivity index (χ0n) is 8.53. The lowest BCUT2D eigenvalue weighted by molar-refractivity contribution is -0.388. The first-order chi connectivity index (χ1) is 7.88. The SMILES string of the molecule is O=[N+]([O-])c1cc(OC2CC2)ccc1C(F)(F)F. The number of ether oxygens (including phenoxy) is 1. The quantitative estimate of drug-likeness (QED) is 0.609. The first-order valence-corrected chi connectivity index (χ1v) is 4.90. The maximum Gasteiger partial charge on any atom is 0.423 e. The van der Waals surface area contributed by atoms with Crippen LogP contribution in [0.3, 0.4) is 0 Å². The molecule has 92 valence electrons. The normalized spacial score (nSPS) is 15.7. The molecule has 0 N–H and O–H groups in total. The average molecular weight is 247 g/mol. The van der Waals surface area contributed by atoms with Gasteiger partial charge in [0.2, 0.25) is 0 Å². The third-order valence-corrected chi connectivity index (χ3v) is 2.30. The molecule has 0 spiro atoms. The summed E-state index contributed by atoms with van der Waals surface area (Å²) in [5.74, 6) is 0.104. The highest BCUT2D eigenvalue weighted by molar-refractivity contribution is 5.47. The number of rotatable bonds is 3. The van der Waals surface area contributed by atoms with Crippen LogP contribution < -0.4 is 4.74 Å². The highest BCUT2D eigenvalue weighted by Gasteiger charge is 2.38. The molecule has 0 aromatic heterocycles. The van der Waals surface area contributed by atoms with Crippen molar-refractivity contribution in [1.82, 2.24) is 0 Å². The highest BCUT2D eigenvalue weighted by Crippen LogP contribution is 2.38. The first-order valence-electron chi connectivity index (χ1n) is 4.90. The van der Waals surface area contributed by atoms with Gasteiger partial charge in [0.15, 0.2) is 0 Å². The van der Waals surface area contributed by atoms with Gasteiger partial charge < -0.3 is 4.74 Å². The summed E-state index contributed by atoms with van der Waals surface area (Å²) in [4.78, 5) is 9.52. The maximum atomic E-state index is 12.5. The van der Waals surface area contributed by atoms with E-state index < -0.39 is 22.4 Å². The number of nitro benzene ring substituents is 1. The minimum atomic E-state index is -4.74. The highest BCUT2D eigenvalue weighted by atomic mass is 19.4. The van der Waals surface area contributed by atoms with Crippen molar-refractivity contribution < 1.29 is 22.8 Å². The van der Waals surface area contributed by atoms with E-state index in [0.29, 0.717) is 6.07 Å². The van der Waals surface area contributed by atoms with Gasteiger partial charge in [-0.15, -0.1) is 0 Å². The number of nitro groups is 1. The minimum absolute atomic E-state index is 0.0219. The lowest BCUT2D eigenvalue weighted by atomic mass is 10.1. The van der Waals surface area contributed by atoms with Crippen molar-refractivity contribution in [2.45, 2.75) is 25.1 Å². The van der Waals surface area contributed by atoms with Crippen molar-refractivity contribution in [2.75, 3.05) is 0 Å². The Morgan fingerprint density at radius 1 is 1.35 bits per heavy atom. The van der Waals surface area contributed by atoms with Crippen molar-refractivity contribution in [1.29, 1.82) is 0 Å². The molecular formula is C10H8F3NO3. The molecule has 0 saturated heterocycles. The van der Waals surface area contributed by atoms with Gasteiger partial charge in [0.25, 0.3) is 5.69 Å². The van der Waals surface area contributed by atoms with E-state index in [1.807, 2.05) is 0 Å². The fraction of sp³-hybridized carbons (Fsp3) is 0.400. The van der Waals surface area contributed by atoms with Crippen molar-refractivity contribution >= 4 is 5.69 Å². The van der Waals surface area contributed by atoms with Gasteiger partial charge in [-0.1, -0.05) is 0 Å². The van der Waals surface area contributed by atoms with Gasteiger partial charge in [0, 0.05) is 0 Å². The molecule has 0 bridgehead atoms. The Kier molecular flexibility index (Phi) is 2.68. The summed E-state index contributed by atoms with van der Waals surface area (Å²) >= 11 is 0. The molecule has 7 heteroatoms. The number of alkyl halides is 3. The summed E-state index contributed by atoms with van der Waals surface area (Å²) in [6.07, 6.45) is -3.10. The summed E-state index contributed by atoms with van der Waals surface area (Å²) < 4.78 is 42.6. The standard InChI is InChI=1S/C10H8F3NO3/c11-10(12,13)8-4-3-7(17-6-1-2-6)5-9(8)14(15)16/h3-6H,1-2H2. The predicted octanol–water partition coefficient (Wildman–Crippen LogP) is 3.15. The number of nitrogens with zero attached hydrogens (tertiary/aromatic N) is 1. The van der Waals surface area contributed by atoms with Crippen molar-refractivity contribution in [2.24, 2.45) is 0 Å². The molecule has 1 aliphatic carbocycles. The van der Waals surface area contributed by atoms with E-state index in [-0.39, 0.29) is 11.9 Å². The van der Waals surface area contributed by atoms with E-state index in [9.17, 15) is 23.3 Å². The van der Waals surface area contributed by atoms with Crippen LogP contribution in [0.2, 0.25) is 0 Å². The molecule has 0 aliphatic heterocycles. The van der Waals surface area contributed by atoms with E-state index >= 15 is 0 Å². The summed E-state index contributed by atoms with van der Waals surface area (Å²) in [5.41, 5.74) is -2.23.